The molecule has 6 nitrogen and oxygen atoms in total. The maximum Gasteiger partial charge on any atom is 0.496 e. The van der Waals surface area contributed by atoms with Gasteiger partial charge in [0.25, 0.3) is 0 Å². The molecular formula is C62H46BClN4O2S2. The molecular weight excluding hydrogens is 943 g/mol. The Labute approximate surface area is 431 Å². The zero-order chi connectivity index (χ0) is 49.0. The second-order valence-electron chi connectivity index (χ2n) is 18.9. The molecule has 0 bridgehead atoms. The first-order chi connectivity index (χ1) is 35.1. The number of halogens is 1. The molecule has 13 rings (SSSR count). The summed E-state index contributed by atoms with van der Waals surface area (Å²) in [6.07, 6.45) is 0. The lowest BCUT2D eigenvalue weighted by Gasteiger charge is -2.32. The average molecular weight is 989 g/mol. The molecule has 0 unspecified atom stereocenters. The topological polar surface area (TPSA) is 70.0 Å². The van der Waals surface area contributed by atoms with Gasteiger partial charge in [-0.15, -0.1) is 22.7 Å². The summed E-state index contributed by atoms with van der Waals surface area (Å²) in [7, 11) is -0.445. The van der Waals surface area contributed by atoms with Crippen LogP contribution in [0.15, 0.2) is 206 Å². The van der Waals surface area contributed by atoms with Crippen LogP contribution in [0.25, 0.3) is 108 Å². The predicted octanol–water partition coefficient (Wildman–Crippen LogP) is 16.6. The third kappa shape index (κ3) is 8.47. The SMILES string of the molecule is CC1(C)OB(c2cccc3c2sc2c(-c4ccccc4)nc(-c4ccc(-c5ccccc5)cc4)nc23)OC1(C)C.Clc1cccc2c1sc1c(-c3ccccc3)nc(-c3ccc(-c4ccccc4)cc3)nc12. The van der Waals surface area contributed by atoms with Crippen molar-refractivity contribution in [1.82, 2.24) is 19.9 Å². The van der Waals surface area contributed by atoms with Crippen LogP contribution < -0.4 is 5.46 Å². The minimum Gasteiger partial charge on any atom is -0.399 e. The number of hydrogen-bond acceptors (Lipinski definition) is 8. The molecule has 1 aliphatic rings. The molecule has 348 valence electrons. The highest BCUT2D eigenvalue weighted by Crippen LogP contribution is 2.44. The fraction of sp³-hybridized carbons (Fsp3) is 0.0968. The number of thiophene rings is 2. The number of benzene rings is 8. The van der Waals surface area contributed by atoms with Gasteiger partial charge in [0.2, 0.25) is 0 Å². The molecule has 0 amide bonds. The van der Waals surface area contributed by atoms with E-state index in [0.717, 1.165) is 90.6 Å². The second kappa shape index (κ2) is 18.7. The van der Waals surface area contributed by atoms with E-state index >= 15 is 0 Å². The summed E-state index contributed by atoms with van der Waals surface area (Å²) < 4.78 is 17.2. The van der Waals surface area contributed by atoms with Crippen LogP contribution in [-0.2, 0) is 9.31 Å². The first-order valence-electron chi connectivity index (χ1n) is 24.0. The summed E-state index contributed by atoms with van der Waals surface area (Å²) in [6, 6.07) is 70.7. The van der Waals surface area contributed by atoms with E-state index < -0.39 is 18.3 Å². The molecule has 0 saturated carbocycles. The molecule has 0 N–H and O–H groups in total. The first-order valence-corrected chi connectivity index (χ1v) is 26.0. The predicted molar refractivity (Wildman–Crippen MR) is 303 cm³/mol. The Balaban J connectivity index is 0.000000151. The van der Waals surface area contributed by atoms with Gasteiger partial charge in [-0.25, -0.2) is 19.9 Å². The van der Waals surface area contributed by atoms with Crippen molar-refractivity contribution in [3.8, 4) is 67.5 Å². The Morgan fingerprint density at radius 3 is 1.17 bits per heavy atom. The lowest BCUT2D eigenvalue weighted by Crippen LogP contribution is -2.41. The number of nitrogens with zero attached hydrogens (tertiary/aromatic N) is 4. The van der Waals surface area contributed by atoms with Crippen molar-refractivity contribution in [2.75, 3.05) is 0 Å². The Bertz CT molecular complexity index is 3910. The second-order valence-corrected chi connectivity index (χ2v) is 21.3. The molecule has 1 fully saturated rings. The van der Waals surface area contributed by atoms with Crippen LogP contribution in [0.3, 0.4) is 0 Å². The Morgan fingerprint density at radius 1 is 0.361 bits per heavy atom. The van der Waals surface area contributed by atoms with Gasteiger partial charge in [-0.05, 0) is 56.0 Å². The summed E-state index contributed by atoms with van der Waals surface area (Å²) in [5, 5.41) is 2.91. The molecule has 5 heterocycles. The van der Waals surface area contributed by atoms with Gasteiger partial charge in [-0.1, -0.05) is 212 Å². The van der Waals surface area contributed by atoms with E-state index in [1.54, 1.807) is 22.7 Å². The van der Waals surface area contributed by atoms with Gasteiger partial charge in [0.05, 0.1) is 52.7 Å². The van der Waals surface area contributed by atoms with Crippen LogP contribution in [0.2, 0.25) is 5.02 Å². The molecule has 12 aromatic rings. The lowest BCUT2D eigenvalue weighted by atomic mass is 9.78. The maximum atomic E-state index is 6.52. The van der Waals surface area contributed by atoms with Gasteiger partial charge in [0.15, 0.2) is 11.6 Å². The maximum absolute atomic E-state index is 6.52. The van der Waals surface area contributed by atoms with Gasteiger partial charge in [0, 0.05) is 43.2 Å². The number of hydrogen-bond donors (Lipinski definition) is 0. The quantitative estimate of drug-likeness (QED) is 0.148. The molecule has 1 aliphatic heterocycles. The molecule has 0 aliphatic carbocycles. The zero-order valence-electron chi connectivity index (χ0n) is 40.0. The summed E-state index contributed by atoms with van der Waals surface area (Å²) in [6.45, 7) is 8.36. The van der Waals surface area contributed by atoms with Crippen molar-refractivity contribution in [1.29, 1.82) is 0 Å². The fourth-order valence-electron chi connectivity index (χ4n) is 9.20. The highest BCUT2D eigenvalue weighted by molar-refractivity contribution is 7.27. The van der Waals surface area contributed by atoms with E-state index in [-0.39, 0.29) is 0 Å². The minimum absolute atomic E-state index is 0.412. The van der Waals surface area contributed by atoms with Crippen molar-refractivity contribution in [3.05, 3.63) is 211 Å². The monoisotopic (exact) mass is 988 g/mol. The van der Waals surface area contributed by atoms with Crippen molar-refractivity contribution in [2.24, 2.45) is 0 Å². The van der Waals surface area contributed by atoms with E-state index in [9.17, 15) is 0 Å². The largest absolute Gasteiger partial charge is 0.496 e. The molecule has 10 heteroatoms. The van der Waals surface area contributed by atoms with E-state index in [2.05, 4.69) is 185 Å². The van der Waals surface area contributed by atoms with Crippen LogP contribution in [0.1, 0.15) is 27.7 Å². The van der Waals surface area contributed by atoms with E-state index in [1.807, 2.05) is 48.5 Å². The third-order valence-electron chi connectivity index (χ3n) is 13.8. The van der Waals surface area contributed by atoms with Gasteiger partial charge in [0.1, 0.15) is 0 Å². The lowest BCUT2D eigenvalue weighted by molar-refractivity contribution is 0.00578. The molecule has 0 radical (unpaired) electrons. The smallest absolute Gasteiger partial charge is 0.399 e. The molecule has 0 atom stereocenters. The highest BCUT2D eigenvalue weighted by atomic mass is 35.5. The van der Waals surface area contributed by atoms with Gasteiger partial charge in [-0.3, -0.25) is 0 Å². The van der Waals surface area contributed by atoms with Crippen LogP contribution >= 0.6 is 34.3 Å². The molecule has 8 aromatic carbocycles. The van der Waals surface area contributed by atoms with Crippen LogP contribution in [0.4, 0.5) is 0 Å². The molecule has 1 saturated heterocycles. The Morgan fingerprint density at radius 2 is 0.722 bits per heavy atom. The van der Waals surface area contributed by atoms with Crippen molar-refractivity contribution in [3.63, 3.8) is 0 Å². The zero-order valence-corrected chi connectivity index (χ0v) is 42.4. The molecule has 72 heavy (non-hydrogen) atoms. The van der Waals surface area contributed by atoms with Crippen LogP contribution in [0, 0.1) is 0 Å². The van der Waals surface area contributed by atoms with Gasteiger partial charge < -0.3 is 9.31 Å². The molecule has 4 aromatic heterocycles. The fourth-order valence-corrected chi connectivity index (χ4v) is 11.9. The normalized spacial score (nSPS) is 14.0. The van der Waals surface area contributed by atoms with Crippen LogP contribution in [0.5, 0.6) is 0 Å². The van der Waals surface area contributed by atoms with E-state index in [0.29, 0.717) is 5.82 Å². The Kier molecular flexibility index (Phi) is 11.9. The number of rotatable bonds is 7. The number of aromatic nitrogens is 4. The average Bonchev–Trinajstić information content (AvgIpc) is 4.07. The molecule has 0 spiro atoms. The summed E-state index contributed by atoms with van der Waals surface area (Å²) in [5.41, 5.74) is 12.8. The van der Waals surface area contributed by atoms with E-state index in [1.165, 1.54) is 22.3 Å². The number of fused-ring (bicyclic) bond motifs is 6. The van der Waals surface area contributed by atoms with Gasteiger partial charge in [-0.2, -0.15) is 0 Å². The summed E-state index contributed by atoms with van der Waals surface area (Å²) in [5.74, 6) is 1.43. The summed E-state index contributed by atoms with van der Waals surface area (Å²) >= 11 is 9.89. The minimum atomic E-state index is -0.445. The highest BCUT2D eigenvalue weighted by Gasteiger charge is 2.52. The third-order valence-corrected chi connectivity index (χ3v) is 16.7. The van der Waals surface area contributed by atoms with Crippen molar-refractivity contribution >= 4 is 87.5 Å². The van der Waals surface area contributed by atoms with Crippen molar-refractivity contribution in [2.45, 2.75) is 38.9 Å². The van der Waals surface area contributed by atoms with Gasteiger partial charge >= 0.3 is 7.12 Å². The Hall–Kier alpha value is -7.37. The first kappa shape index (κ1) is 45.8. The van der Waals surface area contributed by atoms with E-state index in [4.69, 9.17) is 40.8 Å². The van der Waals surface area contributed by atoms with Crippen molar-refractivity contribution < 1.29 is 9.31 Å². The summed E-state index contributed by atoms with van der Waals surface area (Å²) in [4.78, 5) is 20.3. The van der Waals surface area contributed by atoms with Crippen LogP contribution in [-0.4, -0.2) is 38.3 Å². The standard InChI is InChI=1S/C34H29BN2O2S.C28H17ClN2S/c1-33(2)34(3,4)39-35(38-33)27-17-11-16-26-29-31(40-30(26)27)28(24-14-9-6-10-15-24)36-32(37-29)25-20-18-23(19-21-25)22-12-7-5-8-13-22;29-23-13-7-12-22-25-27(32-26(22)23)24(20-10-5-2-6-11-20)30-28(31-25)21-16-14-19(15-17-21)18-8-3-1-4-9-18/h5-21H,1-4H3;1-17H.